The lowest BCUT2D eigenvalue weighted by Gasteiger charge is -2.30. The molecule has 1 saturated carbocycles. The predicted octanol–water partition coefficient (Wildman–Crippen LogP) is 4.74. The summed E-state index contributed by atoms with van der Waals surface area (Å²) >= 11 is 9.30. The van der Waals surface area contributed by atoms with E-state index in [-0.39, 0.29) is 5.91 Å². The van der Waals surface area contributed by atoms with Gasteiger partial charge < -0.3 is 5.32 Å². The monoisotopic (exact) mass is 327 g/mol. The summed E-state index contributed by atoms with van der Waals surface area (Å²) in [7, 11) is 0. The minimum Gasteiger partial charge on any atom is -0.351 e. The molecule has 2 heterocycles. The van der Waals surface area contributed by atoms with Gasteiger partial charge in [0.25, 0.3) is 5.91 Å². The third-order valence-electron chi connectivity index (χ3n) is 4.15. The van der Waals surface area contributed by atoms with Crippen LogP contribution in [-0.2, 0) is 0 Å². The Hall–Kier alpha value is -0.580. The van der Waals surface area contributed by atoms with Crippen LogP contribution in [0.1, 0.15) is 35.4 Å². The van der Waals surface area contributed by atoms with E-state index in [2.05, 4.69) is 16.8 Å². The average Bonchev–Trinajstić information content (AvgIpc) is 3.06. The lowest BCUT2D eigenvalue weighted by atomic mass is 9.80. The number of halogens is 1. The maximum Gasteiger partial charge on any atom is 0.261 e. The Morgan fingerprint density at radius 3 is 2.85 bits per heavy atom. The first-order chi connectivity index (χ1) is 9.78. The Morgan fingerprint density at radius 1 is 1.30 bits per heavy atom. The van der Waals surface area contributed by atoms with Gasteiger partial charge in [-0.25, -0.2) is 0 Å². The number of nitrogens with one attached hydrogen (secondary N) is 1. The van der Waals surface area contributed by atoms with Crippen molar-refractivity contribution in [2.45, 2.75) is 25.7 Å². The molecule has 0 saturated heterocycles. The maximum absolute atomic E-state index is 12.2. The summed E-state index contributed by atoms with van der Waals surface area (Å²) in [6.07, 6.45) is 4.95. The van der Waals surface area contributed by atoms with E-state index < -0.39 is 0 Å². The van der Waals surface area contributed by atoms with Crippen LogP contribution in [0.2, 0.25) is 0 Å². The highest BCUT2D eigenvalue weighted by molar-refractivity contribution is 7.27. The number of alkyl halides is 1. The fraction of sp³-hybridized carbons (Fsp3) is 0.533. The van der Waals surface area contributed by atoms with E-state index in [4.69, 9.17) is 11.6 Å². The maximum atomic E-state index is 12.2. The molecule has 2 nitrogen and oxygen atoms in total. The zero-order valence-electron chi connectivity index (χ0n) is 11.2. The van der Waals surface area contributed by atoms with Crippen molar-refractivity contribution < 1.29 is 4.79 Å². The highest BCUT2D eigenvalue weighted by Gasteiger charge is 2.25. The summed E-state index contributed by atoms with van der Waals surface area (Å²) in [5, 5.41) is 5.17. The second-order valence-electron chi connectivity index (χ2n) is 5.43. The first-order valence-corrected chi connectivity index (χ1v) is 9.32. The molecule has 20 heavy (non-hydrogen) atoms. The van der Waals surface area contributed by atoms with Crippen LogP contribution in [0.3, 0.4) is 0 Å². The van der Waals surface area contributed by atoms with Gasteiger partial charge in [-0.15, -0.1) is 34.3 Å². The van der Waals surface area contributed by atoms with Crippen LogP contribution < -0.4 is 5.32 Å². The normalized spacial score (nSPS) is 23.1. The quantitative estimate of drug-likeness (QED) is 0.807. The first-order valence-electron chi connectivity index (χ1n) is 7.09. The first kappa shape index (κ1) is 14.4. The lowest BCUT2D eigenvalue weighted by Crippen LogP contribution is -2.34. The summed E-state index contributed by atoms with van der Waals surface area (Å²) in [5.74, 6) is 1.90. The molecule has 0 aromatic carbocycles. The largest absolute Gasteiger partial charge is 0.351 e. The van der Waals surface area contributed by atoms with Gasteiger partial charge in [-0.3, -0.25) is 4.79 Å². The van der Waals surface area contributed by atoms with Gasteiger partial charge in [0.05, 0.1) is 4.88 Å². The molecule has 3 rings (SSSR count). The van der Waals surface area contributed by atoms with Gasteiger partial charge >= 0.3 is 0 Å². The van der Waals surface area contributed by atoms with E-state index in [9.17, 15) is 4.79 Å². The summed E-state index contributed by atoms with van der Waals surface area (Å²) in [4.78, 5) is 13.0. The second kappa shape index (κ2) is 6.46. The van der Waals surface area contributed by atoms with E-state index in [1.807, 2.05) is 6.07 Å². The highest BCUT2D eigenvalue weighted by atomic mass is 35.5. The van der Waals surface area contributed by atoms with Crippen molar-refractivity contribution >= 4 is 49.6 Å². The van der Waals surface area contributed by atoms with Crippen molar-refractivity contribution in [1.29, 1.82) is 0 Å². The van der Waals surface area contributed by atoms with Crippen molar-refractivity contribution in [3.63, 3.8) is 0 Å². The molecule has 1 aliphatic carbocycles. The highest BCUT2D eigenvalue weighted by Crippen LogP contribution is 2.31. The minimum absolute atomic E-state index is 0.0669. The van der Waals surface area contributed by atoms with Crippen LogP contribution in [0.5, 0.6) is 0 Å². The Balaban J connectivity index is 1.59. The number of amides is 1. The van der Waals surface area contributed by atoms with Crippen LogP contribution >= 0.6 is 34.3 Å². The van der Waals surface area contributed by atoms with Crippen LogP contribution in [0.25, 0.3) is 9.40 Å². The third-order valence-corrected chi connectivity index (χ3v) is 6.64. The number of thiophene rings is 2. The SMILES string of the molecule is O=C(NCC1CCCCC1CCl)c1cc2sccc2s1. The summed E-state index contributed by atoms with van der Waals surface area (Å²) in [5.41, 5.74) is 0. The molecule has 2 aromatic rings. The fourth-order valence-electron chi connectivity index (χ4n) is 2.94. The van der Waals surface area contributed by atoms with Gasteiger partial charge in [0, 0.05) is 21.8 Å². The molecule has 0 bridgehead atoms. The van der Waals surface area contributed by atoms with Crippen molar-refractivity contribution in [3.05, 3.63) is 22.4 Å². The third kappa shape index (κ3) is 3.02. The molecule has 1 aliphatic rings. The van der Waals surface area contributed by atoms with E-state index in [1.54, 1.807) is 22.7 Å². The Bertz CT molecular complexity index is 563. The van der Waals surface area contributed by atoms with Crippen LogP contribution in [0.4, 0.5) is 0 Å². The fourth-order valence-corrected chi connectivity index (χ4v) is 5.38. The average molecular weight is 328 g/mol. The van der Waals surface area contributed by atoms with Crippen LogP contribution in [0, 0.1) is 11.8 Å². The van der Waals surface area contributed by atoms with Crippen molar-refractivity contribution in [1.82, 2.24) is 5.32 Å². The molecular formula is C15H18ClNOS2. The summed E-state index contributed by atoms with van der Waals surface area (Å²) in [6.45, 7) is 0.766. The van der Waals surface area contributed by atoms with Gasteiger partial charge in [-0.2, -0.15) is 0 Å². The van der Waals surface area contributed by atoms with Gasteiger partial charge in [0.1, 0.15) is 0 Å². The lowest BCUT2D eigenvalue weighted by molar-refractivity contribution is 0.0941. The van der Waals surface area contributed by atoms with Crippen molar-refractivity contribution in [2.75, 3.05) is 12.4 Å². The van der Waals surface area contributed by atoms with Crippen LogP contribution in [-0.4, -0.2) is 18.3 Å². The molecule has 0 aliphatic heterocycles. The zero-order chi connectivity index (χ0) is 13.9. The van der Waals surface area contributed by atoms with Crippen LogP contribution in [0.15, 0.2) is 17.5 Å². The molecule has 1 amide bonds. The van der Waals surface area contributed by atoms with Gasteiger partial charge in [-0.1, -0.05) is 12.8 Å². The molecular weight excluding hydrogens is 310 g/mol. The predicted molar refractivity (Wildman–Crippen MR) is 88.2 cm³/mol. The molecule has 108 valence electrons. The molecule has 2 atom stereocenters. The summed E-state index contributed by atoms with van der Waals surface area (Å²) < 4.78 is 2.41. The van der Waals surface area contributed by atoms with E-state index in [0.717, 1.165) is 17.3 Å². The van der Waals surface area contributed by atoms with Gasteiger partial charge in [0.15, 0.2) is 0 Å². The summed E-state index contributed by atoms with van der Waals surface area (Å²) in [6, 6.07) is 4.08. The zero-order valence-corrected chi connectivity index (χ0v) is 13.6. The molecule has 0 radical (unpaired) electrons. The Morgan fingerprint density at radius 2 is 2.10 bits per heavy atom. The number of rotatable bonds is 4. The van der Waals surface area contributed by atoms with Gasteiger partial charge in [-0.05, 0) is 42.2 Å². The molecule has 2 unspecified atom stereocenters. The topological polar surface area (TPSA) is 29.1 Å². The number of hydrogen-bond donors (Lipinski definition) is 1. The smallest absolute Gasteiger partial charge is 0.261 e. The second-order valence-corrected chi connectivity index (χ2v) is 7.77. The van der Waals surface area contributed by atoms with Crippen molar-refractivity contribution in [3.8, 4) is 0 Å². The Labute approximate surface area is 132 Å². The molecule has 1 fully saturated rings. The van der Waals surface area contributed by atoms with E-state index in [0.29, 0.717) is 11.8 Å². The molecule has 5 heteroatoms. The van der Waals surface area contributed by atoms with Crippen molar-refractivity contribution in [2.24, 2.45) is 11.8 Å². The number of carbonyl (C=O) groups excluding carboxylic acids is 1. The molecule has 2 aromatic heterocycles. The minimum atomic E-state index is 0.0669. The standard InChI is InChI=1S/C15H18ClNOS2/c16-8-10-3-1-2-4-11(10)9-17-15(18)14-7-13-12(20-14)5-6-19-13/h5-7,10-11H,1-4,8-9H2,(H,17,18). The van der Waals surface area contributed by atoms with E-state index in [1.165, 1.54) is 35.1 Å². The van der Waals surface area contributed by atoms with E-state index >= 15 is 0 Å². The molecule has 0 spiro atoms. The van der Waals surface area contributed by atoms with Gasteiger partial charge in [0.2, 0.25) is 0 Å². The Kier molecular flexibility index (Phi) is 4.64. The number of hydrogen-bond acceptors (Lipinski definition) is 3. The molecule has 1 N–H and O–H groups in total. The number of fused-ring (bicyclic) bond motifs is 1. The number of carbonyl (C=O) groups is 1.